The third kappa shape index (κ3) is 3.60. The largest absolute Gasteiger partial charge is 0.508 e. The third-order valence-corrected chi connectivity index (χ3v) is 3.50. The van der Waals surface area contributed by atoms with E-state index >= 15 is 0 Å². The molecule has 0 aliphatic carbocycles. The number of thioether (sulfide) groups is 1. The second-order valence-corrected chi connectivity index (χ2v) is 6.31. The lowest BCUT2D eigenvalue weighted by molar-refractivity contribution is -0.123. The summed E-state index contributed by atoms with van der Waals surface area (Å²) in [6.07, 6.45) is 0. The van der Waals surface area contributed by atoms with Gasteiger partial charge in [0.2, 0.25) is 5.89 Å². The second kappa shape index (κ2) is 5.66. The van der Waals surface area contributed by atoms with Crippen LogP contribution in [0, 0.1) is 5.41 Å². The predicted molar refractivity (Wildman–Crippen MR) is 76.6 cm³/mol. The molecule has 0 fully saturated rings. The average Bonchev–Trinajstić information content (AvgIpc) is 2.84. The Morgan fingerprint density at radius 1 is 1.25 bits per heavy atom. The van der Waals surface area contributed by atoms with Crippen LogP contribution in [0.1, 0.15) is 20.8 Å². The lowest BCUT2D eigenvalue weighted by atomic mass is 9.92. The molecule has 1 N–H and O–H groups in total. The molecule has 0 unspecified atom stereocenters. The van der Waals surface area contributed by atoms with Crippen molar-refractivity contribution in [1.82, 2.24) is 10.2 Å². The summed E-state index contributed by atoms with van der Waals surface area (Å²) in [7, 11) is 0. The highest BCUT2D eigenvalue weighted by atomic mass is 32.2. The van der Waals surface area contributed by atoms with Crippen molar-refractivity contribution in [1.29, 1.82) is 0 Å². The van der Waals surface area contributed by atoms with Gasteiger partial charge < -0.3 is 9.52 Å². The summed E-state index contributed by atoms with van der Waals surface area (Å²) in [6.45, 7) is 5.64. The molecule has 0 saturated heterocycles. The van der Waals surface area contributed by atoms with Crippen LogP contribution in [0.4, 0.5) is 0 Å². The first-order chi connectivity index (χ1) is 9.36. The van der Waals surface area contributed by atoms with Crippen LogP contribution in [0.15, 0.2) is 33.9 Å². The number of aromatic hydroxyl groups is 1. The molecule has 0 radical (unpaired) electrons. The minimum absolute atomic E-state index is 0.131. The molecule has 1 aromatic carbocycles. The van der Waals surface area contributed by atoms with Crippen LogP contribution < -0.4 is 0 Å². The first kappa shape index (κ1) is 14.6. The molecule has 5 nitrogen and oxygen atoms in total. The highest BCUT2D eigenvalue weighted by molar-refractivity contribution is 7.99. The van der Waals surface area contributed by atoms with Gasteiger partial charge in [0.15, 0.2) is 0 Å². The van der Waals surface area contributed by atoms with Gasteiger partial charge in [-0.25, -0.2) is 0 Å². The Balaban J connectivity index is 2.03. The van der Waals surface area contributed by atoms with Gasteiger partial charge in [-0.1, -0.05) is 32.5 Å². The SMILES string of the molecule is CC(C)(C)C(=O)CSc1nnc(-c2ccc(O)cc2)o1. The molecule has 6 heteroatoms. The number of carbonyl (C=O) groups is 1. The summed E-state index contributed by atoms with van der Waals surface area (Å²) in [4.78, 5) is 11.8. The Kier molecular flexibility index (Phi) is 4.13. The number of benzene rings is 1. The minimum Gasteiger partial charge on any atom is -0.508 e. The van der Waals surface area contributed by atoms with E-state index in [1.54, 1.807) is 24.3 Å². The van der Waals surface area contributed by atoms with E-state index in [0.717, 1.165) is 5.56 Å². The Labute approximate surface area is 121 Å². The normalized spacial score (nSPS) is 11.6. The van der Waals surface area contributed by atoms with Crippen LogP contribution in [0.5, 0.6) is 5.75 Å². The molecule has 0 spiro atoms. The number of aromatic nitrogens is 2. The van der Waals surface area contributed by atoms with Crippen molar-refractivity contribution in [2.75, 3.05) is 5.75 Å². The number of phenolic OH excluding ortho intramolecular Hbond substituents is 1. The first-order valence-corrected chi connectivity index (χ1v) is 7.14. The molecule has 20 heavy (non-hydrogen) atoms. The van der Waals surface area contributed by atoms with Gasteiger partial charge in [-0.2, -0.15) is 0 Å². The predicted octanol–water partition coefficient (Wildman–Crippen LogP) is 3.15. The van der Waals surface area contributed by atoms with Crippen molar-refractivity contribution in [3.05, 3.63) is 24.3 Å². The molecule has 0 aliphatic heterocycles. The highest BCUT2D eigenvalue weighted by Crippen LogP contribution is 2.26. The van der Waals surface area contributed by atoms with E-state index in [4.69, 9.17) is 4.42 Å². The van der Waals surface area contributed by atoms with Crippen molar-refractivity contribution < 1.29 is 14.3 Å². The van der Waals surface area contributed by atoms with E-state index < -0.39 is 0 Å². The van der Waals surface area contributed by atoms with Gasteiger partial charge in [-0.3, -0.25) is 4.79 Å². The molecular weight excluding hydrogens is 276 g/mol. The van der Waals surface area contributed by atoms with E-state index in [0.29, 0.717) is 16.9 Å². The summed E-state index contributed by atoms with van der Waals surface area (Å²) < 4.78 is 5.48. The maximum absolute atomic E-state index is 11.8. The zero-order valence-corrected chi connectivity index (χ0v) is 12.4. The topological polar surface area (TPSA) is 76.2 Å². The van der Waals surface area contributed by atoms with Gasteiger partial charge in [-0.05, 0) is 24.3 Å². The summed E-state index contributed by atoms with van der Waals surface area (Å²) >= 11 is 1.23. The summed E-state index contributed by atoms with van der Waals surface area (Å²) in [5.74, 6) is 0.988. The fourth-order valence-electron chi connectivity index (χ4n) is 1.33. The Hall–Kier alpha value is -1.82. The fourth-order valence-corrected chi connectivity index (χ4v) is 2.26. The molecule has 2 aromatic rings. The van der Waals surface area contributed by atoms with Crippen molar-refractivity contribution >= 4 is 17.5 Å². The van der Waals surface area contributed by atoms with Crippen molar-refractivity contribution in [2.45, 2.75) is 26.0 Å². The molecule has 0 amide bonds. The highest BCUT2D eigenvalue weighted by Gasteiger charge is 2.22. The van der Waals surface area contributed by atoms with Crippen molar-refractivity contribution in [3.8, 4) is 17.2 Å². The van der Waals surface area contributed by atoms with Crippen LogP contribution in [0.2, 0.25) is 0 Å². The maximum Gasteiger partial charge on any atom is 0.277 e. The maximum atomic E-state index is 11.8. The monoisotopic (exact) mass is 292 g/mol. The zero-order valence-electron chi connectivity index (χ0n) is 11.6. The van der Waals surface area contributed by atoms with Crippen LogP contribution in [-0.4, -0.2) is 26.8 Å². The van der Waals surface area contributed by atoms with Gasteiger partial charge in [0, 0.05) is 11.0 Å². The first-order valence-electron chi connectivity index (χ1n) is 6.15. The summed E-state index contributed by atoms with van der Waals surface area (Å²) in [5, 5.41) is 17.4. The molecule has 2 rings (SSSR count). The minimum atomic E-state index is -0.368. The molecule has 106 valence electrons. The number of nitrogens with zero attached hydrogens (tertiary/aromatic N) is 2. The Morgan fingerprint density at radius 2 is 1.90 bits per heavy atom. The average molecular weight is 292 g/mol. The molecule has 0 atom stereocenters. The summed E-state index contributed by atoms with van der Waals surface area (Å²) in [5.41, 5.74) is 0.358. The molecule has 1 aromatic heterocycles. The molecule has 1 heterocycles. The Bertz CT molecular complexity index is 600. The Morgan fingerprint density at radius 3 is 2.50 bits per heavy atom. The molecule has 0 bridgehead atoms. The second-order valence-electron chi connectivity index (χ2n) is 5.38. The zero-order chi connectivity index (χ0) is 14.8. The van der Waals surface area contributed by atoms with E-state index in [-0.39, 0.29) is 16.9 Å². The molecule has 0 aliphatic rings. The fraction of sp³-hybridized carbons (Fsp3) is 0.357. The van der Waals surface area contributed by atoms with Crippen LogP contribution >= 0.6 is 11.8 Å². The third-order valence-electron chi connectivity index (χ3n) is 2.68. The molecular formula is C14H16N2O3S. The van der Waals surface area contributed by atoms with E-state index in [1.165, 1.54) is 11.8 Å². The van der Waals surface area contributed by atoms with Crippen LogP contribution in [0.3, 0.4) is 0 Å². The van der Waals surface area contributed by atoms with E-state index in [2.05, 4.69) is 10.2 Å². The molecule has 0 saturated carbocycles. The lowest BCUT2D eigenvalue weighted by Crippen LogP contribution is -2.21. The number of Topliss-reactive ketones (excluding diaryl/α,β-unsaturated/α-hetero) is 1. The van der Waals surface area contributed by atoms with Gasteiger partial charge in [0.1, 0.15) is 11.5 Å². The number of hydrogen-bond donors (Lipinski definition) is 1. The number of carbonyl (C=O) groups excluding carboxylic acids is 1. The number of ketones is 1. The van der Waals surface area contributed by atoms with Crippen molar-refractivity contribution in [3.63, 3.8) is 0 Å². The standard InChI is InChI=1S/C14H16N2O3S/c1-14(2,3)11(18)8-20-13-16-15-12(19-13)9-4-6-10(17)7-5-9/h4-7,17H,8H2,1-3H3. The lowest BCUT2D eigenvalue weighted by Gasteiger charge is -2.14. The quantitative estimate of drug-likeness (QED) is 0.872. The number of rotatable bonds is 4. The van der Waals surface area contributed by atoms with Crippen molar-refractivity contribution in [2.24, 2.45) is 5.41 Å². The summed E-state index contributed by atoms with van der Waals surface area (Å²) in [6, 6.07) is 6.49. The van der Waals surface area contributed by atoms with Gasteiger partial charge in [0.25, 0.3) is 5.22 Å². The van der Waals surface area contributed by atoms with Gasteiger partial charge in [-0.15, -0.1) is 10.2 Å². The smallest absolute Gasteiger partial charge is 0.277 e. The van der Waals surface area contributed by atoms with E-state index in [9.17, 15) is 9.90 Å². The number of phenols is 1. The van der Waals surface area contributed by atoms with Crippen LogP contribution in [0.25, 0.3) is 11.5 Å². The van der Waals surface area contributed by atoms with E-state index in [1.807, 2.05) is 20.8 Å². The van der Waals surface area contributed by atoms with Gasteiger partial charge in [0.05, 0.1) is 5.75 Å². The van der Waals surface area contributed by atoms with Gasteiger partial charge >= 0.3 is 0 Å². The number of hydrogen-bond acceptors (Lipinski definition) is 6. The van der Waals surface area contributed by atoms with Crippen LogP contribution in [-0.2, 0) is 4.79 Å².